The average Bonchev–Trinajstić information content (AvgIpc) is 2.26. The maximum absolute atomic E-state index is 11.2. The first-order chi connectivity index (χ1) is 7.93. The SMILES string of the molecule is Cc1cc(C#N)nc(N(C)C(C)CS(C)=O)n1. The summed E-state index contributed by atoms with van der Waals surface area (Å²) in [6.45, 7) is 3.78. The molecule has 0 N–H and O–H groups in total. The number of hydrogen-bond acceptors (Lipinski definition) is 5. The molecule has 1 heterocycles. The second-order valence-corrected chi connectivity index (χ2v) is 5.49. The Hall–Kier alpha value is -1.48. The Kier molecular flexibility index (Phi) is 4.58. The fourth-order valence-corrected chi connectivity index (χ4v) is 2.32. The lowest BCUT2D eigenvalue weighted by molar-refractivity contribution is 0.671. The van der Waals surface area contributed by atoms with Gasteiger partial charge in [-0.3, -0.25) is 4.21 Å². The van der Waals surface area contributed by atoms with Gasteiger partial charge in [0.15, 0.2) is 0 Å². The second-order valence-electron chi connectivity index (χ2n) is 4.01. The minimum absolute atomic E-state index is 0.0641. The third-order valence-corrected chi connectivity index (χ3v) is 3.36. The van der Waals surface area contributed by atoms with E-state index in [1.165, 1.54) is 0 Å². The number of anilines is 1. The Morgan fingerprint density at radius 1 is 1.59 bits per heavy atom. The van der Waals surface area contributed by atoms with Crippen molar-refractivity contribution < 1.29 is 4.21 Å². The van der Waals surface area contributed by atoms with E-state index in [1.807, 2.05) is 31.9 Å². The molecule has 0 radical (unpaired) electrons. The molecule has 0 spiro atoms. The highest BCUT2D eigenvalue weighted by Crippen LogP contribution is 2.11. The summed E-state index contributed by atoms with van der Waals surface area (Å²) < 4.78 is 11.2. The minimum Gasteiger partial charge on any atom is -0.340 e. The van der Waals surface area contributed by atoms with E-state index in [0.29, 0.717) is 17.4 Å². The van der Waals surface area contributed by atoms with Gasteiger partial charge in [-0.2, -0.15) is 5.26 Å². The molecule has 0 bridgehead atoms. The molecule has 6 heteroatoms. The summed E-state index contributed by atoms with van der Waals surface area (Å²) in [5.74, 6) is 1.05. The van der Waals surface area contributed by atoms with Crippen LogP contribution in [0.15, 0.2) is 6.07 Å². The standard InChI is InChI=1S/C11H16N4OS/c1-8-5-10(6-12)14-11(13-8)15(3)9(2)7-17(4)16/h5,9H,7H2,1-4H3. The molecule has 2 unspecified atom stereocenters. The van der Waals surface area contributed by atoms with Gasteiger partial charge in [0.05, 0.1) is 0 Å². The highest BCUT2D eigenvalue weighted by atomic mass is 32.2. The van der Waals surface area contributed by atoms with E-state index >= 15 is 0 Å². The summed E-state index contributed by atoms with van der Waals surface area (Å²) in [6.07, 6.45) is 1.67. The zero-order valence-electron chi connectivity index (χ0n) is 10.5. The third-order valence-electron chi connectivity index (χ3n) is 2.41. The lowest BCUT2D eigenvalue weighted by Gasteiger charge is -2.24. The summed E-state index contributed by atoms with van der Waals surface area (Å²) in [7, 11) is 0.976. The number of aryl methyl sites for hydroxylation is 1. The van der Waals surface area contributed by atoms with Crippen LogP contribution in [0.5, 0.6) is 0 Å². The molecule has 17 heavy (non-hydrogen) atoms. The van der Waals surface area contributed by atoms with Crippen LogP contribution in [0.4, 0.5) is 5.95 Å². The topological polar surface area (TPSA) is 69.9 Å². The molecule has 0 saturated heterocycles. The normalized spacial score (nSPS) is 13.8. The van der Waals surface area contributed by atoms with Crippen LogP contribution < -0.4 is 4.90 Å². The number of nitrogens with zero attached hydrogens (tertiary/aromatic N) is 4. The van der Waals surface area contributed by atoms with Crippen LogP contribution in [-0.4, -0.2) is 39.3 Å². The molecule has 5 nitrogen and oxygen atoms in total. The zero-order chi connectivity index (χ0) is 13.0. The van der Waals surface area contributed by atoms with Gasteiger partial charge >= 0.3 is 0 Å². The van der Waals surface area contributed by atoms with Crippen LogP contribution in [0.25, 0.3) is 0 Å². The number of aromatic nitrogens is 2. The first-order valence-corrected chi connectivity index (χ1v) is 6.95. The fourth-order valence-electron chi connectivity index (χ4n) is 1.42. The molecular formula is C11H16N4OS. The Labute approximate surface area is 104 Å². The fraction of sp³-hybridized carbons (Fsp3) is 0.545. The summed E-state index contributed by atoms with van der Waals surface area (Å²) in [6, 6.07) is 3.71. The Morgan fingerprint density at radius 3 is 2.76 bits per heavy atom. The van der Waals surface area contributed by atoms with Gasteiger partial charge in [-0.25, -0.2) is 9.97 Å². The zero-order valence-corrected chi connectivity index (χ0v) is 11.3. The monoisotopic (exact) mass is 252 g/mol. The van der Waals surface area contributed by atoms with Crippen LogP contribution in [0.1, 0.15) is 18.3 Å². The van der Waals surface area contributed by atoms with E-state index in [2.05, 4.69) is 9.97 Å². The molecule has 92 valence electrons. The predicted octanol–water partition coefficient (Wildman–Crippen LogP) is 0.860. The molecule has 0 saturated carbocycles. The Bertz CT molecular complexity index is 469. The van der Waals surface area contributed by atoms with Gasteiger partial charge in [-0.15, -0.1) is 0 Å². The highest BCUT2D eigenvalue weighted by molar-refractivity contribution is 7.84. The van der Waals surface area contributed by atoms with Crippen molar-refractivity contribution in [1.29, 1.82) is 5.26 Å². The van der Waals surface area contributed by atoms with Crippen molar-refractivity contribution in [3.8, 4) is 6.07 Å². The quantitative estimate of drug-likeness (QED) is 0.795. The van der Waals surface area contributed by atoms with Gasteiger partial charge in [0.2, 0.25) is 5.95 Å². The van der Waals surface area contributed by atoms with Crippen LogP contribution in [0.2, 0.25) is 0 Å². The minimum atomic E-state index is -0.865. The highest BCUT2D eigenvalue weighted by Gasteiger charge is 2.15. The van der Waals surface area contributed by atoms with Crippen molar-refractivity contribution >= 4 is 16.7 Å². The third kappa shape index (κ3) is 3.79. The molecule has 1 rings (SSSR count). The van der Waals surface area contributed by atoms with Crippen molar-refractivity contribution in [2.75, 3.05) is 24.0 Å². The smallest absolute Gasteiger partial charge is 0.226 e. The van der Waals surface area contributed by atoms with Crippen molar-refractivity contribution in [1.82, 2.24) is 9.97 Å². The van der Waals surface area contributed by atoms with E-state index in [-0.39, 0.29) is 6.04 Å². The second kappa shape index (κ2) is 5.73. The number of hydrogen-bond donors (Lipinski definition) is 0. The van der Waals surface area contributed by atoms with E-state index in [0.717, 1.165) is 5.69 Å². The maximum Gasteiger partial charge on any atom is 0.226 e. The molecule has 0 aromatic carbocycles. The molecule has 2 atom stereocenters. The first kappa shape index (κ1) is 13.6. The van der Waals surface area contributed by atoms with Gasteiger partial charge in [-0.05, 0) is 19.9 Å². The van der Waals surface area contributed by atoms with Crippen LogP contribution >= 0.6 is 0 Å². The Morgan fingerprint density at radius 2 is 2.24 bits per heavy atom. The summed E-state index contributed by atoms with van der Waals surface area (Å²) in [5, 5.41) is 8.84. The van der Waals surface area contributed by atoms with Crippen molar-refractivity contribution in [2.45, 2.75) is 19.9 Å². The molecule has 1 aromatic heterocycles. The van der Waals surface area contributed by atoms with Crippen molar-refractivity contribution in [3.05, 3.63) is 17.5 Å². The summed E-state index contributed by atoms with van der Waals surface area (Å²) in [5.41, 5.74) is 1.10. The van der Waals surface area contributed by atoms with Gasteiger partial charge in [-0.1, -0.05) is 0 Å². The van der Waals surface area contributed by atoms with E-state index < -0.39 is 10.8 Å². The van der Waals surface area contributed by atoms with Gasteiger partial charge in [0.25, 0.3) is 0 Å². The summed E-state index contributed by atoms with van der Waals surface area (Å²) in [4.78, 5) is 10.3. The van der Waals surface area contributed by atoms with Gasteiger partial charge in [0.1, 0.15) is 11.8 Å². The largest absolute Gasteiger partial charge is 0.340 e. The van der Waals surface area contributed by atoms with Crippen LogP contribution in [-0.2, 0) is 10.8 Å². The van der Waals surface area contributed by atoms with E-state index in [1.54, 1.807) is 12.3 Å². The van der Waals surface area contributed by atoms with Crippen molar-refractivity contribution in [3.63, 3.8) is 0 Å². The van der Waals surface area contributed by atoms with Crippen molar-refractivity contribution in [2.24, 2.45) is 0 Å². The molecule has 0 aliphatic rings. The number of nitriles is 1. The predicted molar refractivity (Wildman–Crippen MR) is 68.3 cm³/mol. The molecule has 0 amide bonds. The van der Waals surface area contributed by atoms with Crippen LogP contribution in [0, 0.1) is 18.3 Å². The van der Waals surface area contributed by atoms with E-state index in [9.17, 15) is 4.21 Å². The summed E-state index contributed by atoms with van der Waals surface area (Å²) >= 11 is 0. The molecule has 0 aliphatic heterocycles. The Balaban J connectivity index is 2.96. The van der Waals surface area contributed by atoms with Crippen LogP contribution in [0.3, 0.4) is 0 Å². The van der Waals surface area contributed by atoms with Gasteiger partial charge < -0.3 is 4.90 Å². The molecule has 0 aliphatic carbocycles. The van der Waals surface area contributed by atoms with E-state index in [4.69, 9.17) is 5.26 Å². The molecule has 0 fully saturated rings. The maximum atomic E-state index is 11.2. The lowest BCUT2D eigenvalue weighted by atomic mass is 10.3. The first-order valence-electron chi connectivity index (χ1n) is 5.22. The average molecular weight is 252 g/mol. The van der Waals surface area contributed by atoms with Gasteiger partial charge in [0, 0.05) is 41.6 Å². The molecule has 1 aromatic rings. The lowest BCUT2D eigenvalue weighted by Crippen LogP contribution is -2.34. The number of rotatable bonds is 4. The molecular weight excluding hydrogens is 236 g/mol.